The van der Waals surface area contributed by atoms with Crippen molar-refractivity contribution in [1.82, 2.24) is 14.8 Å². The highest BCUT2D eigenvalue weighted by molar-refractivity contribution is 7.13. The molecular formula is C26H32Cl2N4O5S. The Morgan fingerprint density at radius 2 is 2.03 bits per heavy atom. The lowest BCUT2D eigenvalue weighted by molar-refractivity contribution is -0.151. The van der Waals surface area contributed by atoms with Gasteiger partial charge in [-0.15, -0.1) is 11.3 Å². The maximum Gasteiger partial charge on any atom is 0.310 e. The minimum atomic E-state index is -0.412. The van der Waals surface area contributed by atoms with Crippen LogP contribution in [0.15, 0.2) is 23.6 Å². The van der Waals surface area contributed by atoms with Gasteiger partial charge in [0.05, 0.1) is 35.2 Å². The van der Waals surface area contributed by atoms with Crippen molar-refractivity contribution in [3.05, 3.63) is 44.9 Å². The maximum absolute atomic E-state index is 13.1. The Hall–Kier alpha value is -2.69. The number of ether oxygens (including phenoxy) is 1. The highest BCUT2D eigenvalue weighted by atomic mass is 35.5. The summed E-state index contributed by atoms with van der Waals surface area (Å²) in [5.74, 6) is -1.37. The van der Waals surface area contributed by atoms with Crippen molar-refractivity contribution in [1.29, 1.82) is 0 Å². The third-order valence-electron chi connectivity index (χ3n) is 5.89. The van der Waals surface area contributed by atoms with Gasteiger partial charge in [0.1, 0.15) is 6.54 Å². The van der Waals surface area contributed by atoms with E-state index in [0.717, 1.165) is 6.42 Å². The van der Waals surface area contributed by atoms with Crippen LogP contribution in [0.25, 0.3) is 0 Å². The Bertz CT molecular complexity index is 1170. The Kier molecular flexibility index (Phi) is 10.9. The number of benzene rings is 1. The topological polar surface area (TPSA) is 109 Å². The summed E-state index contributed by atoms with van der Waals surface area (Å²) in [5.41, 5.74) is 0.791. The van der Waals surface area contributed by atoms with Crippen LogP contribution < -0.4 is 5.32 Å². The first-order valence-electron chi connectivity index (χ1n) is 12.5. The molecule has 1 unspecified atom stereocenters. The minimum absolute atomic E-state index is 0.0644. The molecule has 206 valence electrons. The van der Waals surface area contributed by atoms with E-state index >= 15 is 0 Å². The van der Waals surface area contributed by atoms with Crippen molar-refractivity contribution in [3.8, 4) is 0 Å². The predicted molar refractivity (Wildman–Crippen MR) is 148 cm³/mol. The first-order valence-corrected chi connectivity index (χ1v) is 14.1. The Morgan fingerprint density at radius 1 is 1.26 bits per heavy atom. The quantitative estimate of drug-likeness (QED) is 0.412. The number of anilines is 1. The molecule has 3 amide bonds. The van der Waals surface area contributed by atoms with E-state index in [0.29, 0.717) is 48.5 Å². The second-order valence-corrected chi connectivity index (χ2v) is 11.2. The molecule has 3 rings (SSSR count). The second kappa shape index (κ2) is 13.9. The summed E-state index contributed by atoms with van der Waals surface area (Å²) in [6.45, 7) is 7.05. The number of hydrogen-bond donors (Lipinski definition) is 1. The number of piperidine rings is 1. The van der Waals surface area contributed by atoms with Gasteiger partial charge in [0.15, 0.2) is 5.13 Å². The summed E-state index contributed by atoms with van der Waals surface area (Å²) in [4.78, 5) is 58.3. The average molecular weight is 584 g/mol. The number of halogens is 2. The van der Waals surface area contributed by atoms with Crippen molar-refractivity contribution in [2.75, 3.05) is 38.1 Å². The van der Waals surface area contributed by atoms with Crippen LogP contribution in [-0.2, 0) is 25.5 Å². The van der Waals surface area contributed by atoms with Gasteiger partial charge in [0.2, 0.25) is 11.8 Å². The number of aromatic nitrogens is 1. The molecular weight excluding hydrogens is 551 g/mol. The fourth-order valence-electron chi connectivity index (χ4n) is 4.19. The summed E-state index contributed by atoms with van der Waals surface area (Å²) in [6, 6.07) is 4.61. The average Bonchev–Trinajstić information content (AvgIpc) is 3.29. The van der Waals surface area contributed by atoms with Gasteiger partial charge >= 0.3 is 5.97 Å². The van der Waals surface area contributed by atoms with Crippen LogP contribution in [0, 0.1) is 11.8 Å². The molecule has 0 saturated carbocycles. The number of hydrogen-bond acceptors (Lipinski definition) is 7. The van der Waals surface area contributed by atoms with Crippen molar-refractivity contribution in [2.24, 2.45) is 11.8 Å². The van der Waals surface area contributed by atoms with Gasteiger partial charge in [-0.2, -0.15) is 0 Å². The number of nitrogens with one attached hydrogen (secondary N) is 1. The molecule has 1 aromatic carbocycles. The molecule has 0 bridgehead atoms. The molecule has 9 nitrogen and oxygen atoms in total. The maximum atomic E-state index is 13.1. The Balaban J connectivity index is 1.58. The molecule has 2 aromatic rings. The minimum Gasteiger partial charge on any atom is -0.466 e. The zero-order chi connectivity index (χ0) is 27.8. The fraction of sp³-hybridized carbons (Fsp3) is 0.500. The van der Waals surface area contributed by atoms with Crippen molar-refractivity contribution >= 4 is 63.4 Å². The molecule has 1 N–H and O–H groups in total. The van der Waals surface area contributed by atoms with E-state index in [1.54, 1.807) is 29.3 Å². The largest absolute Gasteiger partial charge is 0.466 e. The van der Waals surface area contributed by atoms with Crippen LogP contribution in [0.1, 0.15) is 49.7 Å². The van der Waals surface area contributed by atoms with Gasteiger partial charge in [0, 0.05) is 30.0 Å². The molecule has 0 spiro atoms. The summed E-state index contributed by atoms with van der Waals surface area (Å²) in [7, 11) is 0. The van der Waals surface area contributed by atoms with Gasteiger partial charge < -0.3 is 19.9 Å². The number of nitrogens with zero attached hydrogens (tertiary/aromatic N) is 3. The highest BCUT2D eigenvalue weighted by Gasteiger charge is 2.29. The summed E-state index contributed by atoms with van der Waals surface area (Å²) < 4.78 is 5.10. The summed E-state index contributed by atoms with van der Waals surface area (Å²) in [6.07, 6.45) is 1.51. The third-order valence-corrected chi connectivity index (χ3v) is 7.25. The van der Waals surface area contributed by atoms with E-state index in [1.165, 1.54) is 22.3 Å². The zero-order valence-corrected chi connectivity index (χ0v) is 24.0. The van der Waals surface area contributed by atoms with Gasteiger partial charge in [-0.05, 0) is 43.9 Å². The molecule has 1 aliphatic rings. The monoisotopic (exact) mass is 582 g/mol. The van der Waals surface area contributed by atoms with Gasteiger partial charge in [-0.25, -0.2) is 4.98 Å². The van der Waals surface area contributed by atoms with E-state index in [1.807, 2.05) is 13.8 Å². The Morgan fingerprint density at radius 3 is 2.71 bits per heavy atom. The van der Waals surface area contributed by atoms with E-state index in [-0.39, 0.29) is 53.2 Å². The van der Waals surface area contributed by atoms with Crippen molar-refractivity contribution in [3.63, 3.8) is 0 Å². The van der Waals surface area contributed by atoms with Crippen molar-refractivity contribution in [2.45, 2.75) is 40.0 Å². The number of carbonyl (C=O) groups excluding carboxylic acids is 4. The van der Waals surface area contributed by atoms with E-state index < -0.39 is 5.91 Å². The van der Waals surface area contributed by atoms with Crippen LogP contribution >= 0.6 is 34.5 Å². The van der Waals surface area contributed by atoms with E-state index in [9.17, 15) is 19.2 Å². The zero-order valence-electron chi connectivity index (χ0n) is 21.7. The third kappa shape index (κ3) is 8.41. The highest BCUT2D eigenvalue weighted by Crippen LogP contribution is 2.24. The summed E-state index contributed by atoms with van der Waals surface area (Å²) in [5, 5.41) is 5.40. The van der Waals surface area contributed by atoms with Crippen LogP contribution in [0.3, 0.4) is 0 Å². The molecule has 0 radical (unpaired) electrons. The number of amides is 3. The van der Waals surface area contributed by atoms with Gasteiger partial charge in [0.25, 0.3) is 5.91 Å². The molecule has 38 heavy (non-hydrogen) atoms. The lowest BCUT2D eigenvalue weighted by Crippen LogP contribution is -2.43. The lowest BCUT2D eigenvalue weighted by Gasteiger charge is -2.31. The number of thiazole rings is 1. The van der Waals surface area contributed by atoms with Crippen LogP contribution in [-0.4, -0.2) is 71.3 Å². The predicted octanol–water partition coefficient (Wildman–Crippen LogP) is 4.53. The molecule has 1 atom stereocenters. The molecule has 1 saturated heterocycles. The van der Waals surface area contributed by atoms with Crippen LogP contribution in [0.5, 0.6) is 0 Å². The Labute approximate surface area is 236 Å². The SMILES string of the molecule is CCOC(=O)C1CCCN(C(=O)Cc2csc(NC(=O)CN(CC(C)C)C(=O)c3ccc(Cl)cc3Cl)n2)C1. The first-order chi connectivity index (χ1) is 18.1. The molecule has 1 fully saturated rings. The number of esters is 1. The number of carbonyl (C=O) groups is 4. The van der Waals surface area contributed by atoms with Gasteiger partial charge in [-0.3, -0.25) is 19.2 Å². The normalized spacial score (nSPS) is 15.3. The van der Waals surface area contributed by atoms with Crippen LogP contribution in [0.4, 0.5) is 5.13 Å². The van der Waals surface area contributed by atoms with Crippen LogP contribution in [0.2, 0.25) is 10.0 Å². The van der Waals surface area contributed by atoms with Crippen molar-refractivity contribution < 1.29 is 23.9 Å². The van der Waals surface area contributed by atoms with E-state index in [2.05, 4.69) is 10.3 Å². The number of rotatable bonds is 10. The molecule has 2 heterocycles. The molecule has 1 aliphatic heterocycles. The molecule has 0 aliphatic carbocycles. The lowest BCUT2D eigenvalue weighted by atomic mass is 9.98. The number of likely N-dealkylation sites (tertiary alicyclic amines) is 1. The smallest absolute Gasteiger partial charge is 0.310 e. The van der Waals surface area contributed by atoms with E-state index in [4.69, 9.17) is 27.9 Å². The molecule has 1 aromatic heterocycles. The van der Waals surface area contributed by atoms with Gasteiger partial charge in [-0.1, -0.05) is 37.0 Å². The first kappa shape index (κ1) is 29.9. The fourth-order valence-corrected chi connectivity index (χ4v) is 5.41. The summed E-state index contributed by atoms with van der Waals surface area (Å²) >= 11 is 13.4. The standard InChI is InChI=1S/C26H32Cl2N4O5S/c1-4-37-25(36)17-6-5-9-31(13-17)23(34)11-19-15-38-26(29-19)30-22(33)14-32(12-16(2)3)24(35)20-8-7-18(27)10-21(20)28/h7-8,10,15-17H,4-6,9,11-14H2,1-3H3,(H,29,30,33). The molecule has 12 heteroatoms. The second-order valence-electron chi connectivity index (χ2n) is 9.50.